The first-order valence-electron chi connectivity index (χ1n) is 7.79. The molecule has 0 bridgehead atoms. The molecule has 6 nitrogen and oxygen atoms in total. The number of pyridine rings is 1. The second-order valence-corrected chi connectivity index (χ2v) is 7.55. The van der Waals surface area contributed by atoms with E-state index in [-0.39, 0.29) is 5.75 Å². The predicted molar refractivity (Wildman–Crippen MR) is 97.9 cm³/mol. The average molecular weight is 382 g/mol. The molecule has 134 valence electrons. The molecule has 2 aromatic rings. The van der Waals surface area contributed by atoms with E-state index in [4.69, 9.17) is 11.6 Å². The first kappa shape index (κ1) is 19.4. The van der Waals surface area contributed by atoms with Crippen LogP contribution in [0.4, 0.5) is 5.69 Å². The third kappa shape index (κ3) is 7.21. The van der Waals surface area contributed by atoms with E-state index in [1.165, 1.54) is 0 Å². The van der Waals surface area contributed by atoms with E-state index in [0.717, 1.165) is 11.3 Å². The molecule has 0 fully saturated rings. The van der Waals surface area contributed by atoms with Gasteiger partial charge >= 0.3 is 0 Å². The highest BCUT2D eigenvalue weighted by atomic mass is 35.5. The number of anilines is 1. The van der Waals surface area contributed by atoms with Crippen molar-refractivity contribution in [3.8, 4) is 0 Å². The number of hydrazone groups is 1. The smallest absolute Gasteiger partial charge is 0.177 e. The van der Waals surface area contributed by atoms with Gasteiger partial charge in [-0.05, 0) is 36.8 Å². The van der Waals surface area contributed by atoms with Crippen molar-refractivity contribution in [3.05, 3.63) is 59.4 Å². The van der Waals surface area contributed by atoms with Crippen molar-refractivity contribution in [1.29, 1.82) is 0 Å². The normalized spacial score (nSPS) is 11.8. The number of aryl methyl sites for hydroxylation is 1. The van der Waals surface area contributed by atoms with Gasteiger partial charge in [0.1, 0.15) is 6.54 Å². The Morgan fingerprint density at radius 2 is 1.96 bits per heavy atom. The van der Waals surface area contributed by atoms with Crippen LogP contribution >= 0.6 is 11.6 Å². The lowest BCUT2D eigenvalue weighted by molar-refractivity contribution is -0.697. The molecule has 1 heterocycles. The maximum Gasteiger partial charge on any atom is 0.177 e. The summed E-state index contributed by atoms with van der Waals surface area (Å²) in [5, 5.41) is 6.81. The molecular formula is C17H20ClN3O3S. The number of hydrogen-bond acceptors (Lipinski definition) is 5. The fraction of sp³-hybridized carbons (Fsp3) is 0.294. The molecule has 0 saturated carbocycles. The maximum absolute atomic E-state index is 10.6. The molecule has 0 spiro atoms. The van der Waals surface area contributed by atoms with Crippen molar-refractivity contribution in [2.24, 2.45) is 5.10 Å². The Morgan fingerprint density at radius 1 is 1.24 bits per heavy atom. The summed E-state index contributed by atoms with van der Waals surface area (Å²) in [6, 6.07) is 11.2. The minimum Gasteiger partial charge on any atom is -0.748 e. The summed E-state index contributed by atoms with van der Waals surface area (Å²) in [4.78, 5) is 0. The predicted octanol–water partition coefficient (Wildman–Crippen LogP) is 2.42. The maximum atomic E-state index is 10.6. The molecule has 0 N–H and O–H groups in total. The Balaban J connectivity index is 1.92. The molecule has 0 unspecified atom stereocenters. The molecule has 2 rings (SSSR count). The van der Waals surface area contributed by atoms with Crippen molar-refractivity contribution >= 4 is 33.6 Å². The van der Waals surface area contributed by atoms with Gasteiger partial charge in [-0.3, -0.25) is 5.01 Å². The summed E-state index contributed by atoms with van der Waals surface area (Å²) in [5.41, 5.74) is 1.84. The van der Waals surface area contributed by atoms with E-state index in [0.29, 0.717) is 24.4 Å². The number of halogens is 1. The first-order valence-corrected chi connectivity index (χ1v) is 9.75. The molecule has 0 aliphatic rings. The molecular weight excluding hydrogens is 362 g/mol. The SMILES string of the molecule is CN(/N=C/c1ccc[n+](CCCCS(=O)(=O)[O-])c1)c1ccc(Cl)cc1. The van der Waals surface area contributed by atoms with Gasteiger partial charge in [0.25, 0.3) is 0 Å². The lowest BCUT2D eigenvalue weighted by atomic mass is 10.3. The molecule has 1 aromatic heterocycles. The quantitative estimate of drug-likeness (QED) is 0.231. The van der Waals surface area contributed by atoms with Gasteiger partial charge in [-0.15, -0.1) is 0 Å². The van der Waals surface area contributed by atoms with E-state index in [2.05, 4.69) is 5.10 Å². The fourth-order valence-electron chi connectivity index (χ4n) is 2.21. The molecule has 25 heavy (non-hydrogen) atoms. The van der Waals surface area contributed by atoms with Crippen LogP contribution in [-0.2, 0) is 16.7 Å². The summed E-state index contributed by atoms with van der Waals surface area (Å²) in [5.74, 6) is -0.319. The summed E-state index contributed by atoms with van der Waals surface area (Å²) in [6.45, 7) is 0.643. The highest BCUT2D eigenvalue weighted by molar-refractivity contribution is 7.85. The van der Waals surface area contributed by atoms with E-state index >= 15 is 0 Å². The Labute approximate surface area is 153 Å². The van der Waals surface area contributed by atoms with Crippen LogP contribution in [0.25, 0.3) is 0 Å². The zero-order valence-electron chi connectivity index (χ0n) is 13.9. The van der Waals surface area contributed by atoms with Gasteiger partial charge in [-0.25, -0.2) is 13.0 Å². The van der Waals surface area contributed by atoms with Crippen molar-refractivity contribution in [1.82, 2.24) is 0 Å². The van der Waals surface area contributed by atoms with Gasteiger partial charge in [-0.1, -0.05) is 11.6 Å². The number of unbranched alkanes of at least 4 members (excludes halogenated alkanes) is 1. The van der Waals surface area contributed by atoms with Crippen LogP contribution in [0.2, 0.25) is 5.02 Å². The number of benzene rings is 1. The average Bonchev–Trinajstić information content (AvgIpc) is 2.57. The topological polar surface area (TPSA) is 76.7 Å². The third-order valence-corrected chi connectivity index (χ3v) is 4.56. The van der Waals surface area contributed by atoms with Gasteiger partial charge in [0, 0.05) is 30.3 Å². The number of nitrogens with zero attached hydrogens (tertiary/aromatic N) is 3. The number of rotatable bonds is 8. The van der Waals surface area contributed by atoms with E-state index in [9.17, 15) is 13.0 Å². The third-order valence-electron chi connectivity index (χ3n) is 3.52. The van der Waals surface area contributed by atoms with Gasteiger partial charge in [0.15, 0.2) is 12.4 Å². The van der Waals surface area contributed by atoms with Gasteiger partial charge in [-0.2, -0.15) is 5.10 Å². The van der Waals surface area contributed by atoms with E-state index in [1.807, 2.05) is 60.4 Å². The fourth-order valence-corrected chi connectivity index (χ4v) is 2.89. The Morgan fingerprint density at radius 3 is 2.64 bits per heavy atom. The summed E-state index contributed by atoms with van der Waals surface area (Å²) in [7, 11) is -2.28. The summed E-state index contributed by atoms with van der Waals surface area (Å²) < 4.78 is 33.7. The molecule has 0 atom stereocenters. The second-order valence-electron chi connectivity index (χ2n) is 5.59. The van der Waals surface area contributed by atoms with Crippen LogP contribution in [-0.4, -0.2) is 32.0 Å². The molecule has 0 radical (unpaired) electrons. The van der Waals surface area contributed by atoms with Crippen molar-refractivity contribution in [2.45, 2.75) is 19.4 Å². The highest BCUT2D eigenvalue weighted by Gasteiger charge is 2.04. The van der Waals surface area contributed by atoms with Crippen LogP contribution in [0, 0.1) is 0 Å². The van der Waals surface area contributed by atoms with E-state index < -0.39 is 10.1 Å². The van der Waals surface area contributed by atoms with Crippen molar-refractivity contribution < 1.29 is 17.5 Å². The molecule has 0 aliphatic carbocycles. The molecule has 0 amide bonds. The first-order chi connectivity index (χ1) is 11.8. The Bertz CT molecular complexity index is 823. The molecule has 0 saturated heterocycles. The number of aromatic nitrogens is 1. The van der Waals surface area contributed by atoms with Crippen LogP contribution < -0.4 is 9.58 Å². The summed E-state index contributed by atoms with van der Waals surface area (Å²) >= 11 is 5.87. The minimum absolute atomic E-state index is 0.319. The van der Waals surface area contributed by atoms with Gasteiger partial charge < -0.3 is 4.55 Å². The van der Waals surface area contributed by atoms with Gasteiger partial charge in [0.05, 0.1) is 27.6 Å². The number of hydrogen-bond donors (Lipinski definition) is 0. The van der Waals surface area contributed by atoms with Crippen LogP contribution in [0.1, 0.15) is 18.4 Å². The zero-order valence-corrected chi connectivity index (χ0v) is 15.4. The lowest BCUT2D eigenvalue weighted by Crippen LogP contribution is -2.33. The van der Waals surface area contributed by atoms with Gasteiger partial charge in [0.2, 0.25) is 0 Å². The highest BCUT2D eigenvalue weighted by Crippen LogP contribution is 2.16. The molecule has 8 heteroatoms. The zero-order chi connectivity index (χ0) is 18.3. The minimum atomic E-state index is -4.13. The Kier molecular flexibility index (Phi) is 6.92. The Hall–Kier alpha value is -1.96. The lowest BCUT2D eigenvalue weighted by Gasteiger charge is -2.12. The summed E-state index contributed by atoms with van der Waals surface area (Å²) in [6.07, 6.45) is 6.54. The van der Waals surface area contributed by atoms with Crippen molar-refractivity contribution in [3.63, 3.8) is 0 Å². The van der Waals surface area contributed by atoms with E-state index in [1.54, 1.807) is 11.2 Å². The monoisotopic (exact) mass is 381 g/mol. The van der Waals surface area contributed by atoms with Crippen molar-refractivity contribution in [2.75, 3.05) is 17.8 Å². The molecule has 0 aliphatic heterocycles. The van der Waals surface area contributed by atoms with Crippen LogP contribution in [0.5, 0.6) is 0 Å². The largest absolute Gasteiger partial charge is 0.748 e. The van der Waals surface area contributed by atoms with Crippen LogP contribution in [0.3, 0.4) is 0 Å². The van der Waals surface area contributed by atoms with Crippen LogP contribution in [0.15, 0.2) is 53.9 Å². The second kappa shape index (κ2) is 8.94. The standard InChI is InChI=1S/C17H20ClN3O3S/c1-20(17-8-6-16(18)7-9-17)19-13-15-5-4-11-21(14-15)10-2-3-12-25(22,23)24/h4-9,11,13-14H,2-3,10,12H2,1H3/b19-13+. The molecule has 1 aromatic carbocycles.